The normalized spacial score (nSPS) is 13.6. The summed E-state index contributed by atoms with van der Waals surface area (Å²) in [6.45, 7) is 12.6. The predicted molar refractivity (Wildman–Crippen MR) is 118 cm³/mol. The molecule has 0 radical (unpaired) electrons. The first-order valence-corrected chi connectivity index (χ1v) is 10.4. The van der Waals surface area contributed by atoms with Crippen LogP contribution in [-0.4, -0.2) is 61.7 Å². The molecule has 1 rings (SSSR count). The van der Waals surface area contributed by atoms with Crippen LogP contribution in [0.15, 0.2) is 24.3 Å². The number of rotatable bonds is 10. The van der Waals surface area contributed by atoms with Gasteiger partial charge in [-0.1, -0.05) is 0 Å². The number of amides is 1. The SMILES string of the molecule is CCOC(=O)C(OC)Oc1ccc(C(=O)C(COC(C)(C)C)NC(=O)OC(C)(C)C)cc1. The molecule has 0 aliphatic heterocycles. The van der Waals surface area contributed by atoms with Crippen molar-refractivity contribution in [2.45, 2.75) is 72.0 Å². The van der Waals surface area contributed by atoms with Gasteiger partial charge in [-0.05, 0) is 72.7 Å². The van der Waals surface area contributed by atoms with Crippen LogP contribution >= 0.6 is 0 Å². The summed E-state index contributed by atoms with van der Waals surface area (Å²) >= 11 is 0. The first kappa shape index (κ1) is 27.4. The molecule has 9 nitrogen and oxygen atoms in total. The first-order valence-electron chi connectivity index (χ1n) is 10.4. The Hall–Kier alpha value is -2.65. The maximum atomic E-state index is 13.1. The standard InChI is InChI=1S/C23H35NO8/c1-9-29-19(26)20(28-8)31-16-12-10-15(11-13-16)18(25)17(14-30-22(2,3)4)24-21(27)32-23(5,6)7/h10-13,17,20H,9,14H2,1-8H3,(H,24,27). The van der Waals surface area contributed by atoms with E-state index < -0.39 is 35.6 Å². The molecule has 0 spiro atoms. The highest BCUT2D eigenvalue weighted by atomic mass is 16.7. The predicted octanol–water partition coefficient (Wildman–Crippen LogP) is 3.49. The molecule has 0 aliphatic rings. The fourth-order valence-corrected chi connectivity index (χ4v) is 2.39. The summed E-state index contributed by atoms with van der Waals surface area (Å²) in [5.74, 6) is -0.708. The largest absolute Gasteiger partial charge is 0.461 e. The molecule has 1 amide bonds. The Morgan fingerprint density at radius 3 is 2.03 bits per heavy atom. The number of nitrogens with one attached hydrogen (secondary N) is 1. The molecule has 0 saturated heterocycles. The van der Waals surface area contributed by atoms with E-state index in [1.807, 2.05) is 20.8 Å². The van der Waals surface area contributed by atoms with Crippen molar-refractivity contribution in [3.8, 4) is 5.75 Å². The Bertz CT molecular complexity index is 762. The van der Waals surface area contributed by atoms with Crippen LogP contribution in [0.25, 0.3) is 0 Å². The van der Waals surface area contributed by atoms with Gasteiger partial charge >= 0.3 is 12.1 Å². The summed E-state index contributed by atoms with van der Waals surface area (Å²) < 4.78 is 26.3. The smallest absolute Gasteiger partial charge is 0.408 e. The van der Waals surface area contributed by atoms with E-state index in [0.717, 1.165) is 0 Å². The number of Topliss-reactive ketones (excluding diaryl/α,β-unsaturated/α-hetero) is 1. The zero-order valence-corrected chi connectivity index (χ0v) is 20.1. The third-order valence-electron chi connectivity index (χ3n) is 3.77. The van der Waals surface area contributed by atoms with Crippen molar-refractivity contribution in [1.82, 2.24) is 5.32 Å². The molecular formula is C23H35NO8. The van der Waals surface area contributed by atoms with Crippen molar-refractivity contribution in [2.24, 2.45) is 0 Å². The molecule has 32 heavy (non-hydrogen) atoms. The Morgan fingerprint density at radius 2 is 1.56 bits per heavy atom. The van der Waals surface area contributed by atoms with Gasteiger partial charge in [0.25, 0.3) is 6.29 Å². The van der Waals surface area contributed by atoms with Gasteiger partial charge in [0.1, 0.15) is 17.4 Å². The Kier molecular flexibility index (Phi) is 10.1. The highest BCUT2D eigenvalue weighted by Gasteiger charge is 2.28. The van der Waals surface area contributed by atoms with Crippen LogP contribution in [-0.2, 0) is 23.7 Å². The topological polar surface area (TPSA) is 109 Å². The van der Waals surface area contributed by atoms with E-state index in [1.165, 1.54) is 31.4 Å². The minimum absolute atomic E-state index is 0.0333. The van der Waals surface area contributed by atoms with Crippen molar-refractivity contribution >= 4 is 17.8 Å². The molecular weight excluding hydrogens is 418 g/mol. The van der Waals surface area contributed by atoms with Crippen molar-refractivity contribution in [3.05, 3.63) is 29.8 Å². The maximum absolute atomic E-state index is 13.1. The lowest BCUT2D eigenvalue weighted by molar-refractivity contribution is -0.172. The molecule has 0 saturated carbocycles. The van der Waals surface area contributed by atoms with Crippen LogP contribution < -0.4 is 10.1 Å². The minimum atomic E-state index is -1.22. The van der Waals surface area contributed by atoms with Gasteiger partial charge in [0.2, 0.25) is 0 Å². The molecule has 1 aromatic rings. The average molecular weight is 454 g/mol. The van der Waals surface area contributed by atoms with Crippen LogP contribution in [0.5, 0.6) is 5.75 Å². The van der Waals surface area contributed by atoms with Crippen molar-refractivity contribution in [3.63, 3.8) is 0 Å². The average Bonchev–Trinajstić information content (AvgIpc) is 2.67. The molecule has 0 fully saturated rings. The van der Waals surface area contributed by atoms with Gasteiger partial charge < -0.3 is 29.0 Å². The summed E-state index contributed by atoms with van der Waals surface area (Å²) in [6, 6.07) is 5.13. The monoisotopic (exact) mass is 453 g/mol. The molecule has 0 aliphatic carbocycles. The van der Waals surface area contributed by atoms with E-state index in [1.54, 1.807) is 27.7 Å². The third-order valence-corrected chi connectivity index (χ3v) is 3.77. The lowest BCUT2D eigenvalue weighted by atomic mass is 10.0. The van der Waals surface area contributed by atoms with Crippen molar-refractivity contribution in [1.29, 1.82) is 0 Å². The second-order valence-corrected chi connectivity index (χ2v) is 8.95. The first-order chi connectivity index (χ1) is 14.8. The number of esters is 1. The maximum Gasteiger partial charge on any atom is 0.408 e. The van der Waals surface area contributed by atoms with E-state index in [4.69, 9.17) is 23.7 Å². The number of methoxy groups -OCH3 is 1. The lowest BCUT2D eigenvalue weighted by Gasteiger charge is -2.26. The number of carbonyl (C=O) groups is 3. The molecule has 9 heteroatoms. The van der Waals surface area contributed by atoms with E-state index in [-0.39, 0.29) is 19.0 Å². The number of alkyl carbamates (subject to hydrolysis) is 1. The van der Waals surface area contributed by atoms with E-state index in [2.05, 4.69) is 5.32 Å². The van der Waals surface area contributed by atoms with Gasteiger partial charge in [-0.15, -0.1) is 0 Å². The third kappa shape index (κ3) is 10.1. The summed E-state index contributed by atoms with van der Waals surface area (Å²) in [6.07, 6.45) is -1.94. The number of hydrogen-bond acceptors (Lipinski definition) is 8. The second-order valence-electron chi connectivity index (χ2n) is 8.95. The zero-order chi connectivity index (χ0) is 24.5. The molecule has 1 aromatic carbocycles. The molecule has 0 bridgehead atoms. The zero-order valence-electron chi connectivity index (χ0n) is 20.1. The molecule has 0 aromatic heterocycles. The quantitative estimate of drug-likeness (QED) is 0.326. The van der Waals surface area contributed by atoms with E-state index in [9.17, 15) is 14.4 Å². The number of carbonyl (C=O) groups excluding carboxylic acids is 3. The second kappa shape index (κ2) is 11.8. The van der Waals surface area contributed by atoms with Gasteiger partial charge in [-0.25, -0.2) is 9.59 Å². The van der Waals surface area contributed by atoms with E-state index in [0.29, 0.717) is 11.3 Å². The number of hydrogen-bond donors (Lipinski definition) is 1. The van der Waals surface area contributed by atoms with Gasteiger partial charge in [-0.2, -0.15) is 0 Å². The fraction of sp³-hybridized carbons (Fsp3) is 0.609. The van der Waals surface area contributed by atoms with Gasteiger partial charge in [0, 0.05) is 12.7 Å². The summed E-state index contributed by atoms with van der Waals surface area (Å²) in [5.41, 5.74) is -0.895. The fourth-order valence-electron chi connectivity index (χ4n) is 2.39. The molecule has 180 valence electrons. The molecule has 0 heterocycles. The summed E-state index contributed by atoms with van der Waals surface area (Å²) in [7, 11) is 1.32. The Morgan fingerprint density at radius 1 is 0.969 bits per heavy atom. The molecule has 1 N–H and O–H groups in total. The van der Waals surface area contributed by atoms with Crippen LogP contribution in [0.2, 0.25) is 0 Å². The van der Waals surface area contributed by atoms with E-state index >= 15 is 0 Å². The number of ether oxygens (including phenoxy) is 5. The summed E-state index contributed by atoms with van der Waals surface area (Å²) in [4.78, 5) is 37.1. The van der Waals surface area contributed by atoms with Crippen LogP contribution in [0.1, 0.15) is 58.8 Å². The minimum Gasteiger partial charge on any atom is -0.461 e. The highest BCUT2D eigenvalue weighted by Crippen LogP contribution is 2.17. The number of ketones is 1. The number of benzene rings is 1. The summed E-state index contributed by atoms with van der Waals surface area (Å²) in [5, 5.41) is 2.58. The Labute approximate surface area is 189 Å². The van der Waals surface area contributed by atoms with Crippen LogP contribution in [0.3, 0.4) is 0 Å². The molecule has 2 unspecified atom stereocenters. The highest BCUT2D eigenvalue weighted by molar-refractivity contribution is 6.01. The van der Waals surface area contributed by atoms with Gasteiger partial charge in [0.15, 0.2) is 5.78 Å². The van der Waals surface area contributed by atoms with Crippen LogP contribution in [0, 0.1) is 0 Å². The Balaban J connectivity index is 2.95. The van der Waals surface area contributed by atoms with Crippen molar-refractivity contribution < 1.29 is 38.1 Å². The van der Waals surface area contributed by atoms with Crippen LogP contribution in [0.4, 0.5) is 4.79 Å². The van der Waals surface area contributed by atoms with Gasteiger partial charge in [0.05, 0.1) is 18.8 Å². The van der Waals surface area contributed by atoms with Crippen molar-refractivity contribution in [2.75, 3.05) is 20.3 Å². The van der Waals surface area contributed by atoms with Gasteiger partial charge in [-0.3, -0.25) is 4.79 Å². The molecule has 2 atom stereocenters. The lowest BCUT2D eigenvalue weighted by Crippen LogP contribution is -2.47.